The van der Waals surface area contributed by atoms with Gasteiger partial charge in [0.15, 0.2) is 5.65 Å². The van der Waals surface area contributed by atoms with Crippen molar-refractivity contribution in [3.63, 3.8) is 0 Å². The van der Waals surface area contributed by atoms with Crippen LogP contribution in [0, 0.1) is 6.92 Å². The van der Waals surface area contributed by atoms with Gasteiger partial charge in [0.25, 0.3) is 0 Å². The van der Waals surface area contributed by atoms with Gasteiger partial charge >= 0.3 is 12.6 Å². The molecule has 27 heavy (non-hydrogen) atoms. The first kappa shape index (κ1) is 18.8. The maximum Gasteiger partial charge on any atom is 0.387 e. The summed E-state index contributed by atoms with van der Waals surface area (Å²) in [5.74, 6) is -0.507. The molecule has 2 aromatic heterocycles. The Kier molecular flexibility index (Phi) is 5.07. The number of hydrogen-bond acceptors (Lipinski definition) is 5. The second-order valence-electron chi connectivity index (χ2n) is 6.28. The third kappa shape index (κ3) is 3.60. The van der Waals surface area contributed by atoms with Crippen molar-refractivity contribution in [2.45, 2.75) is 33.4 Å². The van der Waals surface area contributed by atoms with Gasteiger partial charge in [-0.2, -0.15) is 13.9 Å². The van der Waals surface area contributed by atoms with Gasteiger partial charge in [-0.1, -0.05) is 12.1 Å². The molecule has 0 atom stereocenters. The van der Waals surface area contributed by atoms with Crippen LogP contribution in [0.1, 0.15) is 35.9 Å². The first-order chi connectivity index (χ1) is 12.8. The summed E-state index contributed by atoms with van der Waals surface area (Å²) in [5, 5.41) is 5.09. The summed E-state index contributed by atoms with van der Waals surface area (Å²) in [6.45, 7) is 2.78. The number of halogens is 2. The van der Waals surface area contributed by atoms with E-state index in [1.807, 2.05) is 13.8 Å². The van der Waals surface area contributed by atoms with E-state index in [1.54, 1.807) is 29.8 Å². The number of aryl methyl sites for hydroxylation is 1. The number of rotatable bonds is 5. The number of hydrogen-bond donors (Lipinski definition) is 0. The normalized spacial score (nSPS) is 11.4. The minimum Gasteiger partial charge on any atom is -0.465 e. The fourth-order valence-electron chi connectivity index (χ4n) is 2.92. The summed E-state index contributed by atoms with van der Waals surface area (Å²) in [4.78, 5) is 17.0. The molecule has 0 aliphatic rings. The molecule has 0 aliphatic carbocycles. The van der Waals surface area contributed by atoms with E-state index in [9.17, 15) is 13.6 Å². The van der Waals surface area contributed by atoms with Crippen LogP contribution in [0.4, 0.5) is 8.78 Å². The number of benzene rings is 1. The highest BCUT2D eigenvalue weighted by Gasteiger charge is 2.21. The Hall–Kier alpha value is -3.03. The van der Waals surface area contributed by atoms with Crippen LogP contribution >= 0.6 is 0 Å². The summed E-state index contributed by atoms with van der Waals surface area (Å²) in [5.41, 5.74) is 2.48. The highest BCUT2D eigenvalue weighted by atomic mass is 19.3. The molecule has 0 amide bonds. The number of nitrogens with zero attached hydrogens (tertiary/aromatic N) is 3. The number of methoxy groups -OCH3 is 1. The van der Waals surface area contributed by atoms with E-state index in [0.29, 0.717) is 33.5 Å². The Bertz CT molecular complexity index is 999. The minimum absolute atomic E-state index is 0.0116. The number of carbonyl (C=O) groups is 1. The third-order valence-electron chi connectivity index (χ3n) is 4.09. The molecule has 2 heterocycles. The van der Waals surface area contributed by atoms with E-state index < -0.39 is 12.6 Å². The zero-order chi connectivity index (χ0) is 19.7. The topological polar surface area (TPSA) is 66.2 Å². The average Bonchev–Trinajstić information content (AvgIpc) is 2.97. The van der Waals surface area contributed by atoms with Gasteiger partial charge in [0.05, 0.1) is 29.4 Å². The van der Waals surface area contributed by atoms with Crippen molar-refractivity contribution in [2.24, 2.45) is 0 Å². The van der Waals surface area contributed by atoms with Gasteiger partial charge in [-0.05, 0) is 39.0 Å². The predicted molar refractivity (Wildman–Crippen MR) is 96.1 cm³/mol. The molecule has 3 rings (SSSR count). The maximum atomic E-state index is 12.5. The number of fused-ring (bicyclic) bond motifs is 1. The first-order valence-corrected chi connectivity index (χ1v) is 8.35. The molecule has 0 N–H and O–H groups in total. The fourth-order valence-corrected chi connectivity index (χ4v) is 2.92. The van der Waals surface area contributed by atoms with Gasteiger partial charge in [-0.3, -0.25) is 0 Å². The summed E-state index contributed by atoms with van der Waals surface area (Å²) in [6.07, 6.45) is 0. The molecule has 142 valence electrons. The highest BCUT2D eigenvalue weighted by Crippen LogP contribution is 2.30. The molecule has 0 spiro atoms. The van der Waals surface area contributed by atoms with Crippen LogP contribution in [-0.2, 0) is 4.74 Å². The van der Waals surface area contributed by atoms with E-state index in [1.165, 1.54) is 19.2 Å². The van der Waals surface area contributed by atoms with Crippen LogP contribution in [0.2, 0.25) is 0 Å². The number of ether oxygens (including phenoxy) is 2. The van der Waals surface area contributed by atoms with Crippen molar-refractivity contribution in [1.82, 2.24) is 14.8 Å². The number of alkyl halides is 2. The van der Waals surface area contributed by atoms with Crippen molar-refractivity contribution in [3.05, 3.63) is 41.6 Å². The van der Waals surface area contributed by atoms with Crippen molar-refractivity contribution in [2.75, 3.05) is 7.11 Å². The lowest BCUT2D eigenvalue weighted by Gasteiger charge is -2.11. The molecule has 1 aromatic carbocycles. The zero-order valence-electron chi connectivity index (χ0n) is 15.4. The van der Waals surface area contributed by atoms with E-state index >= 15 is 0 Å². The zero-order valence-corrected chi connectivity index (χ0v) is 15.4. The van der Waals surface area contributed by atoms with E-state index in [2.05, 4.69) is 14.8 Å². The number of carbonyl (C=O) groups excluding carboxylic acids is 1. The van der Waals surface area contributed by atoms with Crippen molar-refractivity contribution >= 4 is 17.0 Å². The van der Waals surface area contributed by atoms with E-state index in [-0.39, 0.29) is 11.8 Å². The second kappa shape index (κ2) is 7.30. The van der Waals surface area contributed by atoms with E-state index in [0.717, 1.165) is 0 Å². The fraction of sp³-hybridized carbons (Fsp3) is 0.316. The first-order valence-electron chi connectivity index (χ1n) is 8.35. The molecule has 0 bridgehead atoms. The summed E-state index contributed by atoms with van der Waals surface area (Å²) in [7, 11) is 1.30. The Morgan fingerprint density at radius 3 is 2.59 bits per heavy atom. The van der Waals surface area contributed by atoms with E-state index in [4.69, 9.17) is 4.74 Å². The van der Waals surface area contributed by atoms with Gasteiger partial charge in [-0.15, -0.1) is 0 Å². The number of esters is 1. The average molecular weight is 375 g/mol. The lowest BCUT2D eigenvalue weighted by atomic mass is 10.1. The smallest absolute Gasteiger partial charge is 0.387 e. The van der Waals surface area contributed by atoms with Crippen molar-refractivity contribution in [3.8, 4) is 17.0 Å². The largest absolute Gasteiger partial charge is 0.465 e. The lowest BCUT2D eigenvalue weighted by molar-refractivity contribution is -0.0498. The third-order valence-corrected chi connectivity index (χ3v) is 4.09. The van der Waals surface area contributed by atoms with Gasteiger partial charge in [0.1, 0.15) is 5.75 Å². The van der Waals surface area contributed by atoms with Crippen LogP contribution < -0.4 is 4.74 Å². The number of aromatic nitrogens is 3. The Morgan fingerprint density at radius 2 is 1.96 bits per heavy atom. The molecule has 0 fully saturated rings. The van der Waals surface area contributed by atoms with Crippen LogP contribution in [0.25, 0.3) is 22.3 Å². The molecule has 6 nitrogen and oxygen atoms in total. The predicted octanol–water partition coefficient (Wildman–Crippen LogP) is 4.38. The second-order valence-corrected chi connectivity index (χ2v) is 6.28. The summed E-state index contributed by atoms with van der Waals surface area (Å²) >= 11 is 0. The molecule has 0 radical (unpaired) electrons. The molecule has 0 saturated heterocycles. The lowest BCUT2D eigenvalue weighted by Crippen LogP contribution is -2.07. The Morgan fingerprint density at radius 1 is 1.22 bits per heavy atom. The van der Waals surface area contributed by atoms with Crippen LogP contribution in [0.5, 0.6) is 5.75 Å². The Labute approximate surface area is 154 Å². The summed E-state index contributed by atoms with van der Waals surface area (Å²) < 4.78 is 36.1. The van der Waals surface area contributed by atoms with Gasteiger partial charge in [-0.25, -0.2) is 14.5 Å². The minimum atomic E-state index is -2.92. The van der Waals surface area contributed by atoms with Gasteiger partial charge in [0, 0.05) is 11.6 Å². The quantitative estimate of drug-likeness (QED) is 0.620. The molecule has 8 heteroatoms. The maximum absolute atomic E-state index is 12.5. The molecular weight excluding hydrogens is 356 g/mol. The number of pyridine rings is 1. The van der Waals surface area contributed by atoms with Crippen LogP contribution in [-0.4, -0.2) is 34.5 Å². The standard InChI is InChI=1S/C19H19F2N3O3/c1-10(2)24-17-16(11(3)23-24)14(18(25)26-4)9-15(22-17)12-6-5-7-13(8-12)27-19(20)21/h5-10,19H,1-4H3. The molecule has 3 aromatic rings. The Balaban J connectivity index is 2.25. The monoisotopic (exact) mass is 375 g/mol. The highest BCUT2D eigenvalue weighted by molar-refractivity contribution is 6.05. The van der Waals surface area contributed by atoms with Crippen LogP contribution in [0.3, 0.4) is 0 Å². The SMILES string of the molecule is COC(=O)c1cc(-c2cccc(OC(F)F)c2)nc2c1c(C)nn2C(C)C. The molecule has 0 aliphatic heterocycles. The van der Waals surface area contributed by atoms with Crippen molar-refractivity contribution < 1.29 is 23.0 Å². The molecular formula is C19H19F2N3O3. The van der Waals surface area contributed by atoms with Gasteiger partial charge < -0.3 is 9.47 Å². The molecule has 0 saturated carbocycles. The van der Waals surface area contributed by atoms with Crippen LogP contribution in [0.15, 0.2) is 30.3 Å². The van der Waals surface area contributed by atoms with Crippen molar-refractivity contribution in [1.29, 1.82) is 0 Å². The summed E-state index contributed by atoms with van der Waals surface area (Å²) in [6, 6.07) is 7.76. The van der Waals surface area contributed by atoms with Gasteiger partial charge in [0.2, 0.25) is 0 Å². The molecule has 0 unspecified atom stereocenters.